The molecule has 2 rings (SSSR count). The maximum Gasteiger partial charge on any atom is 0.339 e. The molecule has 0 aliphatic carbocycles. The molecule has 0 aliphatic rings. The molecule has 20 heavy (non-hydrogen) atoms. The van der Waals surface area contributed by atoms with Crippen LogP contribution in [0.15, 0.2) is 61.2 Å². The Kier molecular flexibility index (Phi) is 4.39. The summed E-state index contributed by atoms with van der Waals surface area (Å²) in [6.07, 6.45) is 1.65. The predicted molar refractivity (Wildman–Crippen MR) is 75.6 cm³/mol. The van der Waals surface area contributed by atoms with Crippen LogP contribution in [0.4, 0.5) is 0 Å². The van der Waals surface area contributed by atoms with Gasteiger partial charge in [-0.1, -0.05) is 30.9 Å². The van der Waals surface area contributed by atoms with Gasteiger partial charge in [0.05, 0.1) is 0 Å². The first-order chi connectivity index (χ1) is 9.70. The molecule has 0 unspecified atom stereocenters. The highest BCUT2D eigenvalue weighted by atomic mass is 16.5. The minimum atomic E-state index is -1.03. The Morgan fingerprint density at radius 3 is 2.65 bits per heavy atom. The number of carbonyl (C=O) groups is 1. The summed E-state index contributed by atoms with van der Waals surface area (Å²) in [4.78, 5) is 11.1. The molecule has 0 saturated carbocycles. The molecule has 0 saturated heterocycles. The van der Waals surface area contributed by atoms with Gasteiger partial charge in [-0.2, -0.15) is 0 Å². The lowest BCUT2D eigenvalue weighted by atomic mass is 10.2. The van der Waals surface area contributed by atoms with Gasteiger partial charge < -0.3 is 14.6 Å². The molecule has 102 valence electrons. The van der Waals surface area contributed by atoms with Crippen molar-refractivity contribution >= 4 is 5.97 Å². The number of hydrogen-bond acceptors (Lipinski definition) is 3. The van der Waals surface area contributed by atoms with Crippen LogP contribution in [0.3, 0.4) is 0 Å². The maximum atomic E-state index is 11.1. The Bertz CT molecular complexity index is 619. The monoisotopic (exact) mass is 270 g/mol. The van der Waals surface area contributed by atoms with Crippen molar-refractivity contribution in [2.75, 3.05) is 6.61 Å². The van der Waals surface area contributed by atoms with Gasteiger partial charge >= 0.3 is 5.97 Å². The van der Waals surface area contributed by atoms with Crippen LogP contribution in [0.1, 0.15) is 10.4 Å². The number of rotatable bonds is 6. The fraction of sp³-hybridized carbons (Fsp3) is 0.0625. The first kappa shape index (κ1) is 13.7. The van der Waals surface area contributed by atoms with Crippen molar-refractivity contribution in [2.24, 2.45) is 0 Å². The number of aromatic carboxylic acids is 1. The second-order valence-electron chi connectivity index (χ2n) is 3.98. The van der Waals surface area contributed by atoms with E-state index in [0.717, 1.165) is 0 Å². The van der Waals surface area contributed by atoms with Crippen LogP contribution in [-0.4, -0.2) is 17.7 Å². The van der Waals surface area contributed by atoms with Gasteiger partial charge in [0.15, 0.2) is 0 Å². The third kappa shape index (κ3) is 3.38. The largest absolute Gasteiger partial charge is 0.489 e. The molecule has 0 bridgehead atoms. The van der Waals surface area contributed by atoms with Gasteiger partial charge in [-0.3, -0.25) is 0 Å². The van der Waals surface area contributed by atoms with E-state index >= 15 is 0 Å². The van der Waals surface area contributed by atoms with Crippen molar-refractivity contribution in [3.63, 3.8) is 0 Å². The van der Waals surface area contributed by atoms with Gasteiger partial charge in [-0.05, 0) is 24.3 Å². The average Bonchev–Trinajstić information content (AvgIpc) is 2.46. The molecule has 4 heteroatoms. The lowest BCUT2D eigenvalue weighted by molar-refractivity contribution is 0.0694. The van der Waals surface area contributed by atoms with Crippen LogP contribution >= 0.6 is 0 Å². The van der Waals surface area contributed by atoms with Crippen molar-refractivity contribution in [1.29, 1.82) is 0 Å². The van der Waals surface area contributed by atoms with Gasteiger partial charge in [0.2, 0.25) is 0 Å². The lowest BCUT2D eigenvalue weighted by Crippen LogP contribution is -1.99. The maximum absolute atomic E-state index is 11.1. The van der Waals surface area contributed by atoms with Crippen molar-refractivity contribution in [3.05, 3.63) is 66.7 Å². The van der Waals surface area contributed by atoms with E-state index in [1.54, 1.807) is 48.5 Å². The Morgan fingerprint density at radius 1 is 1.15 bits per heavy atom. The zero-order chi connectivity index (χ0) is 14.4. The highest BCUT2D eigenvalue weighted by Gasteiger charge is 2.11. The molecule has 1 N–H and O–H groups in total. The van der Waals surface area contributed by atoms with Crippen molar-refractivity contribution in [1.82, 2.24) is 0 Å². The average molecular weight is 270 g/mol. The van der Waals surface area contributed by atoms with Crippen LogP contribution in [0.25, 0.3) is 0 Å². The van der Waals surface area contributed by atoms with Gasteiger partial charge in [0, 0.05) is 6.07 Å². The topological polar surface area (TPSA) is 55.8 Å². The molecule has 2 aromatic rings. The normalized spacial score (nSPS) is 9.80. The van der Waals surface area contributed by atoms with Gasteiger partial charge in [0.25, 0.3) is 0 Å². The van der Waals surface area contributed by atoms with E-state index in [-0.39, 0.29) is 5.56 Å². The third-order valence-corrected chi connectivity index (χ3v) is 2.52. The molecule has 0 amide bonds. The number of para-hydroxylation sites is 1. The number of ether oxygens (including phenoxy) is 2. The van der Waals surface area contributed by atoms with Crippen LogP contribution < -0.4 is 9.47 Å². The first-order valence-corrected chi connectivity index (χ1v) is 6.04. The second-order valence-corrected chi connectivity index (χ2v) is 3.98. The fourth-order valence-corrected chi connectivity index (χ4v) is 1.64. The molecule has 0 aliphatic heterocycles. The summed E-state index contributed by atoms with van der Waals surface area (Å²) in [7, 11) is 0. The van der Waals surface area contributed by atoms with E-state index in [1.165, 1.54) is 6.07 Å². The zero-order valence-electron chi connectivity index (χ0n) is 10.8. The summed E-state index contributed by atoms with van der Waals surface area (Å²) in [5.41, 5.74) is 0.116. The number of hydrogen-bond donors (Lipinski definition) is 1. The summed E-state index contributed by atoms with van der Waals surface area (Å²) in [5.74, 6) is 0.413. The van der Waals surface area contributed by atoms with E-state index in [9.17, 15) is 4.79 Å². The SMILES string of the molecule is C=CCOc1cccc(Oc2ccccc2C(=O)O)c1. The van der Waals surface area contributed by atoms with Crippen LogP contribution in [0.5, 0.6) is 17.2 Å². The highest BCUT2D eigenvalue weighted by Crippen LogP contribution is 2.27. The third-order valence-electron chi connectivity index (χ3n) is 2.52. The van der Waals surface area contributed by atoms with E-state index in [1.807, 2.05) is 0 Å². The van der Waals surface area contributed by atoms with E-state index in [0.29, 0.717) is 23.9 Å². The Hall–Kier alpha value is -2.75. The van der Waals surface area contributed by atoms with Gasteiger partial charge in [0.1, 0.15) is 29.4 Å². The minimum Gasteiger partial charge on any atom is -0.489 e. The quantitative estimate of drug-likeness (QED) is 0.812. The Labute approximate surface area is 116 Å². The Morgan fingerprint density at radius 2 is 1.90 bits per heavy atom. The number of carboxylic acid groups (broad SMARTS) is 1. The summed E-state index contributed by atoms with van der Waals surface area (Å²) in [6.45, 7) is 3.97. The fourth-order valence-electron chi connectivity index (χ4n) is 1.64. The zero-order valence-corrected chi connectivity index (χ0v) is 10.8. The first-order valence-electron chi connectivity index (χ1n) is 6.04. The predicted octanol–water partition coefficient (Wildman–Crippen LogP) is 3.74. The molecular formula is C16H14O4. The molecule has 4 nitrogen and oxygen atoms in total. The smallest absolute Gasteiger partial charge is 0.339 e. The summed E-state index contributed by atoms with van der Waals surface area (Å²) in [6, 6.07) is 13.5. The highest BCUT2D eigenvalue weighted by molar-refractivity contribution is 5.90. The molecule has 0 spiro atoms. The minimum absolute atomic E-state index is 0.116. The van der Waals surface area contributed by atoms with Crippen molar-refractivity contribution in [3.8, 4) is 17.2 Å². The number of benzene rings is 2. The molecule has 0 heterocycles. The van der Waals surface area contributed by atoms with E-state index in [4.69, 9.17) is 14.6 Å². The second kappa shape index (κ2) is 6.43. The van der Waals surface area contributed by atoms with Crippen LogP contribution in [-0.2, 0) is 0 Å². The van der Waals surface area contributed by atoms with Crippen molar-refractivity contribution < 1.29 is 19.4 Å². The number of carboxylic acids is 1. The van der Waals surface area contributed by atoms with Crippen LogP contribution in [0.2, 0.25) is 0 Å². The summed E-state index contributed by atoms with van der Waals surface area (Å²) in [5, 5.41) is 9.10. The molecule has 0 atom stereocenters. The van der Waals surface area contributed by atoms with Gasteiger partial charge in [-0.15, -0.1) is 0 Å². The summed E-state index contributed by atoms with van der Waals surface area (Å²) >= 11 is 0. The molecule has 0 fully saturated rings. The van der Waals surface area contributed by atoms with E-state index in [2.05, 4.69) is 6.58 Å². The molecule has 0 aromatic heterocycles. The van der Waals surface area contributed by atoms with Crippen molar-refractivity contribution in [2.45, 2.75) is 0 Å². The van der Waals surface area contributed by atoms with Gasteiger partial charge in [-0.25, -0.2) is 4.79 Å². The summed E-state index contributed by atoms with van der Waals surface area (Å²) < 4.78 is 11.0. The molecule has 2 aromatic carbocycles. The standard InChI is InChI=1S/C16H14O4/c1-2-10-19-12-6-5-7-13(11-12)20-15-9-4-3-8-14(15)16(17)18/h2-9,11H,1,10H2,(H,17,18). The van der Waals surface area contributed by atoms with E-state index < -0.39 is 5.97 Å². The Balaban J connectivity index is 2.22. The lowest BCUT2D eigenvalue weighted by Gasteiger charge is -2.10. The molecule has 0 radical (unpaired) electrons. The van der Waals surface area contributed by atoms with Crippen LogP contribution in [0, 0.1) is 0 Å². The molecular weight excluding hydrogens is 256 g/mol.